The summed E-state index contributed by atoms with van der Waals surface area (Å²) < 4.78 is 6.77. The first-order chi connectivity index (χ1) is 28.2. The van der Waals surface area contributed by atoms with Crippen LogP contribution in [0.15, 0.2) is 202 Å². The van der Waals surface area contributed by atoms with E-state index in [0.29, 0.717) is 17.5 Å². The first kappa shape index (κ1) is 32.2. The number of rotatable bonds is 4. The molecule has 2 aromatic heterocycles. The van der Waals surface area contributed by atoms with Crippen molar-refractivity contribution in [2.24, 2.45) is 0 Å². The first-order valence-electron chi connectivity index (χ1n) is 19.2. The summed E-state index contributed by atoms with van der Waals surface area (Å²) in [6.07, 6.45) is 0. The summed E-state index contributed by atoms with van der Waals surface area (Å²) in [5.41, 5.74) is 13.9. The number of hydrogen-bond donors (Lipinski definition) is 0. The third-order valence-corrected chi connectivity index (χ3v) is 12.7. The predicted molar refractivity (Wildman–Crippen MR) is 230 cm³/mol. The number of furan rings is 1. The van der Waals surface area contributed by atoms with Gasteiger partial charge in [-0.3, -0.25) is 0 Å². The van der Waals surface area contributed by atoms with Crippen LogP contribution in [0.2, 0.25) is 0 Å². The second-order valence-electron chi connectivity index (χ2n) is 14.7. The van der Waals surface area contributed by atoms with Gasteiger partial charge in [0.2, 0.25) is 0 Å². The molecule has 10 aromatic rings. The Kier molecular flexibility index (Phi) is 7.04. The lowest BCUT2D eigenvalue weighted by molar-refractivity contribution is 0.664. The van der Waals surface area contributed by atoms with Gasteiger partial charge in [0.25, 0.3) is 0 Å². The van der Waals surface area contributed by atoms with Gasteiger partial charge in [0.05, 0.1) is 5.41 Å². The van der Waals surface area contributed by atoms with Crippen molar-refractivity contribution >= 4 is 33.7 Å². The van der Waals surface area contributed by atoms with Crippen molar-refractivity contribution in [1.82, 2.24) is 15.0 Å². The molecule has 0 amide bonds. The van der Waals surface area contributed by atoms with Crippen molar-refractivity contribution in [3.8, 4) is 56.4 Å². The first-order valence-corrected chi connectivity index (χ1v) is 20.0. The zero-order valence-corrected chi connectivity index (χ0v) is 31.4. The van der Waals surface area contributed by atoms with Crippen LogP contribution < -0.4 is 0 Å². The van der Waals surface area contributed by atoms with E-state index < -0.39 is 5.41 Å². The molecule has 266 valence electrons. The maximum Gasteiger partial charge on any atom is 0.164 e. The van der Waals surface area contributed by atoms with Crippen LogP contribution in [0, 0.1) is 0 Å². The average molecular weight is 746 g/mol. The number of hydrogen-bond acceptors (Lipinski definition) is 5. The van der Waals surface area contributed by atoms with E-state index in [0.717, 1.165) is 49.8 Å². The molecule has 1 spiro atoms. The molecule has 0 atom stereocenters. The van der Waals surface area contributed by atoms with Gasteiger partial charge in [-0.2, -0.15) is 0 Å². The molecule has 2 aliphatic rings. The Morgan fingerprint density at radius 1 is 0.368 bits per heavy atom. The fourth-order valence-corrected chi connectivity index (χ4v) is 10.4. The molecule has 0 N–H and O–H groups in total. The summed E-state index contributed by atoms with van der Waals surface area (Å²) in [6, 6.07) is 66.6. The Bertz CT molecular complexity index is 3180. The fraction of sp³-hybridized carbons (Fsp3) is 0.0192. The van der Waals surface area contributed by atoms with Crippen LogP contribution in [0.1, 0.15) is 22.3 Å². The van der Waals surface area contributed by atoms with Crippen molar-refractivity contribution < 1.29 is 4.42 Å². The van der Waals surface area contributed by atoms with E-state index in [-0.39, 0.29) is 0 Å². The average Bonchev–Trinajstić information content (AvgIpc) is 3.80. The van der Waals surface area contributed by atoms with E-state index in [1.165, 1.54) is 43.2 Å². The highest BCUT2D eigenvalue weighted by Crippen LogP contribution is 2.62. The van der Waals surface area contributed by atoms with E-state index in [1.54, 1.807) is 0 Å². The van der Waals surface area contributed by atoms with Crippen LogP contribution in [0.25, 0.3) is 78.4 Å². The van der Waals surface area contributed by atoms with E-state index in [9.17, 15) is 0 Å². The number of aromatic nitrogens is 3. The molecule has 0 radical (unpaired) electrons. The summed E-state index contributed by atoms with van der Waals surface area (Å²) in [5.74, 6) is 1.83. The lowest BCUT2D eigenvalue weighted by atomic mass is 9.67. The molecule has 0 unspecified atom stereocenters. The van der Waals surface area contributed by atoms with Crippen LogP contribution in [0.4, 0.5) is 0 Å². The summed E-state index contributed by atoms with van der Waals surface area (Å²) in [6.45, 7) is 0. The van der Waals surface area contributed by atoms with Gasteiger partial charge in [0, 0.05) is 37.3 Å². The zero-order valence-electron chi connectivity index (χ0n) is 30.6. The Labute approximate surface area is 333 Å². The Morgan fingerprint density at radius 2 is 0.930 bits per heavy atom. The van der Waals surface area contributed by atoms with Crippen molar-refractivity contribution in [1.29, 1.82) is 0 Å². The molecule has 57 heavy (non-hydrogen) atoms. The quantitative estimate of drug-likeness (QED) is 0.180. The Morgan fingerprint density at radius 3 is 1.68 bits per heavy atom. The van der Waals surface area contributed by atoms with E-state index in [1.807, 2.05) is 42.1 Å². The molecule has 0 fully saturated rings. The van der Waals surface area contributed by atoms with Gasteiger partial charge in [-0.05, 0) is 74.8 Å². The molecule has 0 bridgehead atoms. The van der Waals surface area contributed by atoms with Gasteiger partial charge in [-0.1, -0.05) is 169 Å². The molecule has 0 saturated heterocycles. The minimum absolute atomic E-state index is 0.498. The molecule has 1 aliphatic carbocycles. The Hall–Kier alpha value is -7.08. The Balaban J connectivity index is 1.12. The number of benzene rings is 8. The number of nitrogens with zero attached hydrogens (tertiary/aromatic N) is 3. The molecular weight excluding hydrogens is 715 g/mol. The smallest absolute Gasteiger partial charge is 0.164 e. The summed E-state index contributed by atoms with van der Waals surface area (Å²) in [5, 5.41) is 2.03. The van der Waals surface area contributed by atoms with Crippen molar-refractivity contribution in [2.75, 3.05) is 0 Å². The largest absolute Gasteiger partial charge is 0.456 e. The second kappa shape index (κ2) is 12.5. The van der Waals surface area contributed by atoms with Crippen LogP contribution in [-0.2, 0) is 5.41 Å². The standard InChI is InChI=1S/C52H31N3OS/c1-3-15-32(16-4-1)34-19-13-20-35(29-34)50-53-49(33-17-5-2-6-18-33)54-51(55-50)38-23-14-27-44-48(38)39-30-43-47(31-45(39)56-44)57-46-28-12-11-26-42(46)52(43)40-24-9-7-21-36(40)37-22-8-10-25-41(37)52/h1-31H. The van der Waals surface area contributed by atoms with E-state index >= 15 is 0 Å². The SMILES string of the molecule is c1ccc(-c2cccc(-c3nc(-c4ccccc4)nc(-c4cccc5oc6cc7c(cc6c45)C4(c5ccccc5S7)c5ccccc5-c5ccccc54)n3)c2)cc1. The monoisotopic (exact) mass is 745 g/mol. The third-order valence-electron chi connectivity index (χ3n) is 11.6. The maximum absolute atomic E-state index is 6.77. The van der Waals surface area contributed by atoms with Gasteiger partial charge in [0.1, 0.15) is 11.2 Å². The van der Waals surface area contributed by atoms with Gasteiger partial charge in [-0.15, -0.1) is 0 Å². The molecule has 3 heterocycles. The predicted octanol–water partition coefficient (Wildman–Crippen LogP) is 13.3. The van der Waals surface area contributed by atoms with Crippen molar-refractivity contribution in [3.05, 3.63) is 210 Å². The molecule has 5 heteroatoms. The zero-order chi connectivity index (χ0) is 37.5. The van der Waals surface area contributed by atoms with Crippen LogP contribution in [0.3, 0.4) is 0 Å². The molecular formula is C52H31N3OS. The van der Waals surface area contributed by atoms with Crippen LogP contribution in [0.5, 0.6) is 0 Å². The van der Waals surface area contributed by atoms with Crippen molar-refractivity contribution in [2.45, 2.75) is 15.2 Å². The van der Waals surface area contributed by atoms with Crippen molar-refractivity contribution in [3.63, 3.8) is 0 Å². The highest BCUT2D eigenvalue weighted by Gasteiger charge is 2.50. The lowest BCUT2D eigenvalue weighted by Crippen LogP contribution is -2.31. The topological polar surface area (TPSA) is 51.8 Å². The van der Waals surface area contributed by atoms with Gasteiger partial charge < -0.3 is 4.42 Å². The normalized spacial score (nSPS) is 13.3. The molecule has 12 rings (SSSR count). The molecule has 1 aliphatic heterocycles. The van der Waals surface area contributed by atoms with Gasteiger partial charge in [-0.25, -0.2) is 15.0 Å². The van der Waals surface area contributed by atoms with Crippen LogP contribution in [-0.4, -0.2) is 15.0 Å². The van der Waals surface area contributed by atoms with Crippen LogP contribution >= 0.6 is 11.8 Å². The highest BCUT2D eigenvalue weighted by molar-refractivity contribution is 7.99. The lowest BCUT2D eigenvalue weighted by Gasteiger charge is -2.39. The maximum atomic E-state index is 6.77. The fourth-order valence-electron chi connectivity index (χ4n) is 9.17. The minimum Gasteiger partial charge on any atom is -0.456 e. The molecule has 0 saturated carbocycles. The summed E-state index contributed by atoms with van der Waals surface area (Å²) >= 11 is 1.82. The van der Waals surface area contributed by atoms with Gasteiger partial charge >= 0.3 is 0 Å². The number of fused-ring (bicyclic) bond motifs is 12. The highest BCUT2D eigenvalue weighted by atomic mass is 32.2. The van der Waals surface area contributed by atoms with E-state index in [4.69, 9.17) is 19.4 Å². The summed E-state index contributed by atoms with van der Waals surface area (Å²) in [4.78, 5) is 18.0. The second-order valence-corrected chi connectivity index (χ2v) is 15.8. The van der Waals surface area contributed by atoms with Gasteiger partial charge in [0.15, 0.2) is 17.5 Å². The summed E-state index contributed by atoms with van der Waals surface area (Å²) in [7, 11) is 0. The third kappa shape index (κ3) is 4.79. The molecule has 4 nitrogen and oxygen atoms in total. The minimum atomic E-state index is -0.498. The molecule has 8 aromatic carbocycles. The van der Waals surface area contributed by atoms with E-state index in [2.05, 4.69) is 158 Å².